The summed E-state index contributed by atoms with van der Waals surface area (Å²) in [4.78, 5) is 14.6. The number of fused-ring (bicyclic) bond motifs is 1. The lowest BCUT2D eigenvalue weighted by Crippen LogP contribution is -2.06. The Bertz CT molecular complexity index is 548. The number of hydrogen-bond acceptors (Lipinski definition) is 2. The largest absolute Gasteiger partial charge is 0.462 e. The standard InChI is InChI=1S/C11H9Cl2NO2/c1-2-16-11(15)8-7(12)5-6-3-4-14-10(6)9(8)13/h3-5,14H,2H2,1H3. The fourth-order valence-corrected chi connectivity index (χ4v) is 2.20. The highest BCUT2D eigenvalue weighted by Crippen LogP contribution is 2.32. The smallest absolute Gasteiger partial charge is 0.341 e. The summed E-state index contributed by atoms with van der Waals surface area (Å²) in [6, 6.07) is 3.52. The average Bonchev–Trinajstić information content (AvgIpc) is 2.66. The van der Waals surface area contributed by atoms with Crippen molar-refractivity contribution in [2.24, 2.45) is 0 Å². The highest BCUT2D eigenvalue weighted by molar-refractivity contribution is 6.42. The topological polar surface area (TPSA) is 42.1 Å². The van der Waals surface area contributed by atoms with Crippen molar-refractivity contribution in [2.75, 3.05) is 6.61 Å². The highest BCUT2D eigenvalue weighted by atomic mass is 35.5. The number of halogens is 2. The molecule has 0 spiro atoms. The van der Waals surface area contributed by atoms with Crippen molar-refractivity contribution in [1.82, 2.24) is 4.98 Å². The Labute approximate surface area is 102 Å². The lowest BCUT2D eigenvalue weighted by atomic mass is 10.1. The molecule has 5 heteroatoms. The maximum absolute atomic E-state index is 11.6. The number of carbonyl (C=O) groups excluding carboxylic acids is 1. The van der Waals surface area contributed by atoms with E-state index in [1.807, 2.05) is 6.07 Å². The summed E-state index contributed by atoms with van der Waals surface area (Å²) in [5.41, 5.74) is 0.897. The molecule has 2 rings (SSSR count). The van der Waals surface area contributed by atoms with Gasteiger partial charge in [-0.1, -0.05) is 23.2 Å². The van der Waals surface area contributed by atoms with Gasteiger partial charge >= 0.3 is 5.97 Å². The Morgan fingerprint density at radius 2 is 2.25 bits per heavy atom. The fourth-order valence-electron chi connectivity index (χ4n) is 1.52. The number of benzene rings is 1. The molecular formula is C11H9Cl2NO2. The Balaban J connectivity index is 2.63. The number of carbonyl (C=O) groups is 1. The Morgan fingerprint density at radius 3 is 2.94 bits per heavy atom. The van der Waals surface area contributed by atoms with Gasteiger partial charge in [-0.05, 0) is 19.1 Å². The number of hydrogen-bond donors (Lipinski definition) is 1. The van der Waals surface area contributed by atoms with E-state index < -0.39 is 5.97 Å². The molecule has 0 saturated carbocycles. The lowest BCUT2D eigenvalue weighted by molar-refractivity contribution is 0.0527. The van der Waals surface area contributed by atoms with E-state index in [-0.39, 0.29) is 12.2 Å². The molecule has 1 aromatic heterocycles. The zero-order valence-electron chi connectivity index (χ0n) is 8.51. The molecule has 84 valence electrons. The molecule has 0 amide bonds. The summed E-state index contributed by atoms with van der Waals surface area (Å²) >= 11 is 12.1. The average molecular weight is 258 g/mol. The Kier molecular flexibility index (Phi) is 3.08. The third kappa shape index (κ3) is 1.77. The molecule has 0 fully saturated rings. The molecule has 0 atom stereocenters. The quantitative estimate of drug-likeness (QED) is 0.835. The van der Waals surface area contributed by atoms with Crippen LogP contribution in [0.15, 0.2) is 18.3 Å². The molecule has 0 aliphatic carbocycles. The third-order valence-electron chi connectivity index (χ3n) is 2.22. The summed E-state index contributed by atoms with van der Waals surface area (Å²) in [5.74, 6) is -0.506. The van der Waals surface area contributed by atoms with E-state index in [2.05, 4.69) is 4.98 Å². The molecule has 0 aliphatic rings. The molecular weight excluding hydrogens is 249 g/mol. The first-order valence-corrected chi connectivity index (χ1v) is 5.53. The summed E-state index contributed by atoms with van der Waals surface area (Å²) < 4.78 is 4.89. The Hall–Kier alpha value is -1.19. The van der Waals surface area contributed by atoms with Crippen LogP contribution in [-0.4, -0.2) is 17.6 Å². The van der Waals surface area contributed by atoms with Crippen LogP contribution in [0.25, 0.3) is 10.9 Å². The Morgan fingerprint density at radius 1 is 1.50 bits per heavy atom. The van der Waals surface area contributed by atoms with Crippen LogP contribution in [0.3, 0.4) is 0 Å². The van der Waals surface area contributed by atoms with Crippen LogP contribution in [0.1, 0.15) is 17.3 Å². The second-order valence-electron chi connectivity index (χ2n) is 3.21. The first-order valence-electron chi connectivity index (χ1n) is 4.77. The van der Waals surface area contributed by atoms with Crippen molar-refractivity contribution in [2.45, 2.75) is 6.92 Å². The van der Waals surface area contributed by atoms with Crippen molar-refractivity contribution in [3.8, 4) is 0 Å². The van der Waals surface area contributed by atoms with E-state index in [0.29, 0.717) is 15.6 Å². The summed E-state index contributed by atoms with van der Waals surface area (Å²) in [7, 11) is 0. The van der Waals surface area contributed by atoms with Gasteiger partial charge in [0.05, 0.1) is 27.7 Å². The van der Waals surface area contributed by atoms with Crippen molar-refractivity contribution < 1.29 is 9.53 Å². The number of rotatable bonds is 2. The van der Waals surface area contributed by atoms with Crippen LogP contribution in [0.5, 0.6) is 0 Å². The number of H-pyrrole nitrogens is 1. The molecule has 1 heterocycles. The van der Waals surface area contributed by atoms with Gasteiger partial charge in [-0.15, -0.1) is 0 Å². The first-order chi connectivity index (χ1) is 7.65. The lowest BCUT2D eigenvalue weighted by Gasteiger charge is -2.07. The van der Waals surface area contributed by atoms with Crippen LogP contribution in [-0.2, 0) is 4.74 Å². The van der Waals surface area contributed by atoms with Gasteiger partial charge in [-0.25, -0.2) is 4.79 Å². The van der Waals surface area contributed by atoms with Crippen molar-refractivity contribution >= 4 is 40.1 Å². The highest BCUT2D eigenvalue weighted by Gasteiger charge is 2.19. The third-order valence-corrected chi connectivity index (χ3v) is 2.89. The second-order valence-corrected chi connectivity index (χ2v) is 3.99. The van der Waals surface area contributed by atoms with E-state index in [1.54, 1.807) is 19.2 Å². The number of ether oxygens (including phenoxy) is 1. The number of nitrogens with one attached hydrogen (secondary N) is 1. The molecule has 3 nitrogen and oxygen atoms in total. The minimum atomic E-state index is -0.506. The summed E-state index contributed by atoms with van der Waals surface area (Å²) in [6.07, 6.45) is 1.74. The van der Waals surface area contributed by atoms with Gasteiger partial charge < -0.3 is 9.72 Å². The van der Waals surface area contributed by atoms with Crippen molar-refractivity contribution in [1.29, 1.82) is 0 Å². The van der Waals surface area contributed by atoms with Crippen LogP contribution in [0.4, 0.5) is 0 Å². The molecule has 2 aromatic rings. The zero-order chi connectivity index (χ0) is 11.7. The normalized spacial score (nSPS) is 10.7. The number of aromatic nitrogens is 1. The summed E-state index contributed by atoms with van der Waals surface area (Å²) in [5, 5.41) is 1.46. The van der Waals surface area contributed by atoms with Crippen LogP contribution < -0.4 is 0 Å². The van der Waals surface area contributed by atoms with Gasteiger partial charge in [0, 0.05) is 11.6 Å². The van der Waals surface area contributed by atoms with Gasteiger partial charge in [0.1, 0.15) is 0 Å². The zero-order valence-corrected chi connectivity index (χ0v) is 10.0. The van der Waals surface area contributed by atoms with Crippen molar-refractivity contribution in [3.63, 3.8) is 0 Å². The van der Waals surface area contributed by atoms with Crippen LogP contribution in [0.2, 0.25) is 10.0 Å². The maximum Gasteiger partial charge on any atom is 0.341 e. The van der Waals surface area contributed by atoms with E-state index in [1.165, 1.54) is 0 Å². The van der Waals surface area contributed by atoms with Gasteiger partial charge in [-0.3, -0.25) is 0 Å². The fraction of sp³-hybridized carbons (Fsp3) is 0.182. The molecule has 0 aliphatic heterocycles. The minimum Gasteiger partial charge on any atom is -0.462 e. The van der Waals surface area contributed by atoms with Gasteiger partial charge in [0.2, 0.25) is 0 Å². The van der Waals surface area contributed by atoms with Crippen LogP contribution >= 0.6 is 23.2 Å². The number of aromatic amines is 1. The van der Waals surface area contributed by atoms with Gasteiger partial charge in [0.15, 0.2) is 0 Å². The predicted octanol–water partition coefficient (Wildman–Crippen LogP) is 3.65. The molecule has 1 N–H and O–H groups in total. The van der Waals surface area contributed by atoms with E-state index in [4.69, 9.17) is 27.9 Å². The molecule has 0 unspecified atom stereocenters. The molecule has 16 heavy (non-hydrogen) atoms. The summed E-state index contributed by atoms with van der Waals surface area (Å²) in [6.45, 7) is 2.02. The maximum atomic E-state index is 11.6. The SMILES string of the molecule is CCOC(=O)c1c(Cl)cc2cc[nH]c2c1Cl. The minimum absolute atomic E-state index is 0.208. The monoisotopic (exact) mass is 257 g/mol. The second kappa shape index (κ2) is 4.36. The molecule has 0 bridgehead atoms. The van der Waals surface area contributed by atoms with E-state index >= 15 is 0 Å². The molecule has 0 radical (unpaired) electrons. The first kappa shape index (κ1) is 11.3. The van der Waals surface area contributed by atoms with Gasteiger partial charge in [-0.2, -0.15) is 0 Å². The number of esters is 1. The molecule has 1 aromatic carbocycles. The van der Waals surface area contributed by atoms with Gasteiger partial charge in [0.25, 0.3) is 0 Å². The molecule has 0 saturated heterocycles. The van der Waals surface area contributed by atoms with E-state index in [9.17, 15) is 4.79 Å². The predicted molar refractivity (Wildman–Crippen MR) is 64.3 cm³/mol. The van der Waals surface area contributed by atoms with Crippen molar-refractivity contribution in [3.05, 3.63) is 33.9 Å². The van der Waals surface area contributed by atoms with E-state index in [0.717, 1.165) is 5.39 Å². The van der Waals surface area contributed by atoms with Crippen LogP contribution in [0, 0.1) is 0 Å².